The molecule has 8 heteroatoms. The van der Waals surface area contributed by atoms with Gasteiger partial charge in [0.1, 0.15) is 11.5 Å². The van der Waals surface area contributed by atoms with Crippen LogP contribution in [0.2, 0.25) is 0 Å². The second-order valence-corrected chi connectivity index (χ2v) is 7.60. The van der Waals surface area contributed by atoms with Crippen molar-refractivity contribution in [2.45, 2.75) is 26.9 Å². The maximum Gasteiger partial charge on any atom is 0.312 e. The largest absolute Gasteiger partial charge is 0.356 e. The van der Waals surface area contributed by atoms with Crippen molar-refractivity contribution in [2.75, 3.05) is 6.54 Å². The molecule has 0 aliphatic heterocycles. The first kappa shape index (κ1) is 21.7. The summed E-state index contributed by atoms with van der Waals surface area (Å²) in [6, 6.07) is 14.0. The van der Waals surface area contributed by atoms with Crippen LogP contribution in [0.25, 0.3) is 11.3 Å². The van der Waals surface area contributed by atoms with E-state index in [0.29, 0.717) is 21.5 Å². The van der Waals surface area contributed by atoms with Crippen LogP contribution in [0.4, 0.5) is 4.39 Å². The molecule has 0 atom stereocenters. The van der Waals surface area contributed by atoms with E-state index in [0.717, 1.165) is 11.1 Å². The Morgan fingerprint density at radius 3 is 2.63 bits per heavy atom. The van der Waals surface area contributed by atoms with Crippen molar-refractivity contribution in [2.24, 2.45) is 0 Å². The molecule has 0 aliphatic rings. The summed E-state index contributed by atoms with van der Waals surface area (Å²) in [6.07, 6.45) is 0. The predicted molar refractivity (Wildman–Crippen MR) is 114 cm³/mol. The molecule has 1 aromatic heterocycles. The highest BCUT2D eigenvalue weighted by atomic mass is 79.9. The van der Waals surface area contributed by atoms with Crippen LogP contribution in [0.15, 0.2) is 57.5 Å². The highest BCUT2D eigenvalue weighted by Gasteiger charge is 2.23. The van der Waals surface area contributed by atoms with Crippen molar-refractivity contribution in [3.63, 3.8) is 0 Å². The normalized spacial score (nSPS) is 10.7. The molecule has 2 amide bonds. The van der Waals surface area contributed by atoms with E-state index in [9.17, 15) is 14.0 Å². The van der Waals surface area contributed by atoms with E-state index < -0.39 is 17.6 Å². The third kappa shape index (κ3) is 4.94. The summed E-state index contributed by atoms with van der Waals surface area (Å²) >= 11 is 3.29. The first-order valence-corrected chi connectivity index (χ1v) is 10.2. The fourth-order valence-corrected chi connectivity index (χ4v) is 3.38. The number of amides is 2. The number of likely N-dealkylation sites (N-methyl/N-ethyl adjacent to an activating group) is 1. The summed E-state index contributed by atoms with van der Waals surface area (Å²) in [5.74, 6) is -1.33. The number of aromatic nitrogens is 1. The number of halogens is 2. The van der Waals surface area contributed by atoms with Crippen LogP contribution >= 0.6 is 15.9 Å². The minimum atomic E-state index is -0.782. The van der Waals surface area contributed by atoms with Gasteiger partial charge >= 0.3 is 11.8 Å². The minimum absolute atomic E-state index is 0.00479. The number of hydrogen-bond donors (Lipinski definition) is 1. The van der Waals surface area contributed by atoms with E-state index >= 15 is 0 Å². The zero-order valence-electron chi connectivity index (χ0n) is 16.6. The summed E-state index contributed by atoms with van der Waals surface area (Å²) in [7, 11) is 0. The first-order chi connectivity index (χ1) is 14.4. The molecule has 0 radical (unpaired) electrons. The van der Waals surface area contributed by atoms with Gasteiger partial charge in [-0.3, -0.25) is 9.59 Å². The molecule has 3 rings (SSSR count). The summed E-state index contributed by atoms with van der Waals surface area (Å²) in [5.41, 5.74) is 2.53. The molecule has 0 saturated heterocycles. The highest BCUT2D eigenvalue weighted by molar-refractivity contribution is 9.10. The number of carbonyl (C=O) groups excluding carboxylic acids is 2. The van der Waals surface area contributed by atoms with Gasteiger partial charge in [-0.1, -0.05) is 51.4 Å². The molecule has 156 valence electrons. The number of rotatable bonds is 6. The zero-order valence-corrected chi connectivity index (χ0v) is 18.2. The summed E-state index contributed by atoms with van der Waals surface area (Å²) in [4.78, 5) is 26.2. The Labute approximate surface area is 182 Å². The second kappa shape index (κ2) is 9.67. The average Bonchev–Trinajstić information content (AvgIpc) is 3.13. The van der Waals surface area contributed by atoms with E-state index in [1.165, 1.54) is 11.0 Å². The average molecular weight is 474 g/mol. The standard InChI is InChI=1S/C22H21BrFN3O3/c1-3-27(13-16-11-17(23)9-10-18(16)24)22(29)21(28)25-12-19-14(2)20(30-26-19)15-7-5-4-6-8-15/h4-11H,3,12-13H2,1-2H3,(H,25,28). The summed E-state index contributed by atoms with van der Waals surface area (Å²) in [5, 5.41) is 6.58. The van der Waals surface area contributed by atoms with Gasteiger partial charge in [-0.05, 0) is 32.0 Å². The lowest BCUT2D eigenvalue weighted by molar-refractivity contribution is -0.146. The third-order valence-corrected chi connectivity index (χ3v) is 5.20. The Balaban J connectivity index is 1.64. The molecule has 1 heterocycles. The number of benzene rings is 2. The van der Waals surface area contributed by atoms with Gasteiger partial charge in [-0.15, -0.1) is 0 Å². The number of hydrogen-bond acceptors (Lipinski definition) is 4. The second-order valence-electron chi connectivity index (χ2n) is 6.69. The Kier molecular flexibility index (Phi) is 6.99. The smallest absolute Gasteiger partial charge is 0.312 e. The first-order valence-electron chi connectivity index (χ1n) is 9.42. The summed E-state index contributed by atoms with van der Waals surface area (Å²) in [6.45, 7) is 3.88. The van der Waals surface area contributed by atoms with Gasteiger partial charge in [0, 0.05) is 34.3 Å². The van der Waals surface area contributed by atoms with Crippen molar-refractivity contribution in [3.05, 3.63) is 75.6 Å². The molecular weight excluding hydrogens is 453 g/mol. The van der Waals surface area contributed by atoms with E-state index in [1.807, 2.05) is 37.3 Å². The van der Waals surface area contributed by atoms with Crippen molar-refractivity contribution in [1.29, 1.82) is 0 Å². The minimum Gasteiger partial charge on any atom is -0.356 e. The van der Waals surface area contributed by atoms with Crippen LogP contribution in [0, 0.1) is 12.7 Å². The number of nitrogens with one attached hydrogen (secondary N) is 1. The van der Waals surface area contributed by atoms with Crippen molar-refractivity contribution in [1.82, 2.24) is 15.4 Å². The fourth-order valence-electron chi connectivity index (χ4n) is 2.97. The third-order valence-electron chi connectivity index (χ3n) is 4.71. The van der Waals surface area contributed by atoms with Gasteiger partial charge in [0.05, 0.1) is 6.54 Å². The molecule has 0 saturated carbocycles. The van der Waals surface area contributed by atoms with E-state index in [-0.39, 0.29) is 19.6 Å². The fraction of sp³-hybridized carbons (Fsp3) is 0.227. The van der Waals surface area contributed by atoms with Gasteiger partial charge in [0.15, 0.2) is 5.76 Å². The highest BCUT2D eigenvalue weighted by Crippen LogP contribution is 2.25. The van der Waals surface area contributed by atoms with E-state index in [4.69, 9.17) is 4.52 Å². The molecule has 0 fully saturated rings. The summed E-state index contributed by atoms with van der Waals surface area (Å²) < 4.78 is 20.1. The Morgan fingerprint density at radius 2 is 1.93 bits per heavy atom. The van der Waals surface area contributed by atoms with E-state index in [2.05, 4.69) is 26.4 Å². The van der Waals surface area contributed by atoms with Crippen LogP contribution in [-0.2, 0) is 22.7 Å². The molecule has 2 aromatic carbocycles. The molecule has 3 aromatic rings. The molecule has 30 heavy (non-hydrogen) atoms. The molecular formula is C22H21BrFN3O3. The molecule has 0 aliphatic carbocycles. The van der Waals surface area contributed by atoms with Crippen LogP contribution in [0.3, 0.4) is 0 Å². The van der Waals surface area contributed by atoms with Crippen molar-refractivity contribution < 1.29 is 18.5 Å². The lowest BCUT2D eigenvalue weighted by atomic mass is 10.1. The topological polar surface area (TPSA) is 75.4 Å². The predicted octanol–water partition coefficient (Wildman–Crippen LogP) is 4.22. The number of carbonyl (C=O) groups is 2. The van der Waals surface area contributed by atoms with Gasteiger partial charge in [-0.2, -0.15) is 0 Å². The quantitative estimate of drug-likeness (QED) is 0.543. The maximum atomic E-state index is 14.0. The van der Waals surface area contributed by atoms with Crippen LogP contribution in [-0.4, -0.2) is 28.4 Å². The van der Waals surface area contributed by atoms with Crippen LogP contribution in [0.1, 0.15) is 23.7 Å². The Morgan fingerprint density at radius 1 is 1.20 bits per heavy atom. The zero-order chi connectivity index (χ0) is 21.7. The lowest BCUT2D eigenvalue weighted by Crippen LogP contribution is -2.42. The van der Waals surface area contributed by atoms with Crippen molar-refractivity contribution >= 4 is 27.7 Å². The number of nitrogens with zero attached hydrogens (tertiary/aromatic N) is 2. The molecule has 0 bridgehead atoms. The Bertz CT molecular complexity index is 1050. The van der Waals surface area contributed by atoms with E-state index in [1.54, 1.807) is 19.1 Å². The molecule has 0 unspecified atom stereocenters. The van der Waals surface area contributed by atoms with Gasteiger partial charge in [0.2, 0.25) is 0 Å². The molecule has 1 N–H and O–H groups in total. The van der Waals surface area contributed by atoms with Crippen LogP contribution < -0.4 is 5.32 Å². The van der Waals surface area contributed by atoms with Gasteiger partial charge < -0.3 is 14.7 Å². The molecule has 6 nitrogen and oxygen atoms in total. The SMILES string of the molecule is CCN(Cc1cc(Br)ccc1F)C(=O)C(=O)NCc1noc(-c2ccccc2)c1C. The van der Waals surface area contributed by atoms with Crippen LogP contribution in [0.5, 0.6) is 0 Å². The van der Waals surface area contributed by atoms with Gasteiger partial charge in [-0.25, -0.2) is 4.39 Å². The monoisotopic (exact) mass is 473 g/mol. The molecule has 0 spiro atoms. The maximum absolute atomic E-state index is 14.0. The van der Waals surface area contributed by atoms with Crippen molar-refractivity contribution in [3.8, 4) is 11.3 Å². The lowest BCUT2D eigenvalue weighted by Gasteiger charge is -2.20. The Hall–Kier alpha value is -3.00. The van der Waals surface area contributed by atoms with Gasteiger partial charge in [0.25, 0.3) is 0 Å².